The van der Waals surface area contributed by atoms with Crippen molar-refractivity contribution in [1.29, 1.82) is 0 Å². The second-order valence-corrected chi connectivity index (χ2v) is 12.0. The molecule has 0 unspecified atom stereocenters. The minimum absolute atomic E-state index is 0.395. The van der Waals surface area contributed by atoms with Crippen LogP contribution in [0.1, 0.15) is 39.8 Å². The van der Waals surface area contributed by atoms with E-state index in [4.69, 9.17) is 5.73 Å². The van der Waals surface area contributed by atoms with Crippen LogP contribution in [0.15, 0.2) is 163 Å². The highest BCUT2D eigenvalue weighted by Crippen LogP contribution is 2.56. The molecule has 0 aromatic heterocycles. The molecule has 0 fully saturated rings. The molecule has 6 aromatic carbocycles. The smallest absolute Gasteiger partial charge is 0.0713 e. The predicted molar refractivity (Wildman–Crippen MR) is 189 cm³/mol. The van der Waals surface area contributed by atoms with E-state index in [0.717, 1.165) is 34.6 Å². The average Bonchev–Trinajstić information content (AvgIpc) is 3.65. The molecule has 0 saturated carbocycles. The van der Waals surface area contributed by atoms with Gasteiger partial charge in [0.1, 0.15) is 0 Å². The maximum absolute atomic E-state index is 6.52. The van der Waals surface area contributed by atoms with Crippen molar-refractivity contribution in [2.75, 3.05) is 5.32 Å². The molecule has 2 nitrogen and oxygen atoms in total. The van der Waals surface area contributed by atoms with E-state index in [-0.39, 0.29) is 0 Å². The summed E-state index contributed by atoms with van der Waals surface area (Å²) in [7, 11) is 0. The number of hydrogen-bond acceptors (Lipinski definition) is 2. The molecule has 3 N–H and O–H groups in total. The Bertz CT molecular complexity index is 2080. The Balaban J connectivity index is 1.31. The number of hydrogen-bond donors (Lipinski definition) is 2. The Morgan fingerprint density at radius 2 is 1.16 bits per heavy atom. The lowest BCUT2D eigenvalue weighted by atomic mass is 9.67. The Labute approximate surface area is 265 Å². The third-order valence-corrected chi connectivity index (χ3v) is 9.52. The summed E-state index contributed by atoms with van der Waals surface area (Å²) in [5, 5.41) is 3.70. The van der Waals surface area contributed by atoms with Gasteiger partial charge in [-0.15, -0.1) is 0 Å². The van der Waals surface area contributed by atoms with Gasteiger partial charge in [0.15, 0.2) is 0 Å². The van der Waals surface area contributed by atoms with Gasteiger partial charge in [-0.1, -0.05) is 127 Å². The first-order valence-electron chi connectivity index (χ1n) is 15.6. The minimum Gasteiger partial charge on any atom is -0.398 e. The van der Waals surface area contributed by atoms with Crippen molar-refractivity contribution in [3.63, 3.8) is 0 Å². The molecule has 45 heavy (non-hydrogen) atoms. The summed E-state index contributed by atoms with van der Waals surface area (Å²) in [6, 6.07) is 53.0. The van der Waals surface area contributed by atoms with Crippen LogP contribution >= 0.6 is 0 Å². The molecule has 2 heteroatoms. The maximum atomic E-state index is 6.52. The first-order chi connectivity index (χ1) is 22.1. The molecule has 8 rings (SSSR count). The van der Waals surface area contributed by atoms with Crippen LogP contribution in [0.2, 0.25) is 0 Å². The molecule has 0 radical (unpaired) electrons. The topological polar surface area (TPSA) is 38.0 Å². The Morgan fingerprint density at radius 1 is 0.556 bits per heavy atom. The summed E-state index contributed by atoms with van der Waals surface area (Å²) >= 11 is 0. The molecule has 2 aliphatic carbocycles. The van der Waals surface area contributed by atoms with Crippen LogP contribution in [0.25, 0.3) is 27.8 Å². The van der Waals surface area contributed by atoms with Crippen LogP contribution < -0.4 is 11.1 Å². The van der Waals surface area contributed by atoms with Gasteiger partial charge in [0.2, 0.25) is 0 Å². The van der Waals surface area contributed by atoms with Gasteiger partial charge in [0.05, 0.1) is 5.41 Å². The van der Waals surface area contributed by atoms with E-state index in [2.05, 4.69) is 164 Å². The van der Waals surface area contributed by atoms with Crippen molar-refractivity contribution in [1.82, 2.24) is 0 Å². The van der Waals surface area contributed by atoms with Gasteiger partial charge in [0, 0.05) is 22.6 Å². The lowest BCUT2D eigenvalue weighted by molar-refractivity contribution is 0.768. The molecular formula is C43H34N2. The average molecular weight is 579 g/mol. The molecule has 0 amide bonds. The molecule has 0 atom stereocenters. The second kappa shape index (κ2) is 10.8. The van der Waals surface area contributed by atoms with Crippen molar-refractivity contribution in [3.8, 4) is 22.3 Å². The number of allylic oxidation sites excluding steroid dienone is 3. The SMILES string of the molecule is Cc1ccccc1Nc1ccc(-c2ccc3c(c2)-c2ccccc2C3(c2ccccc2)c2ccccc2)cc1C1=C(N)C=CC1. The molecule has 0 bridgehead atoms. The van der Waals surface area contributed by atoms with Crippen LogP contribution in [0.4, 0.5) is 11.4 Å². The molecular weight excluding hydrogens is 544 g/mol. The molecule has 0 saturated heterocycles. The predicted octanol–water partition coefficient (Wildman–Crippen LogP) is 10.4. The molecule has 6 aromatic rings. The Kier molecular flexibility index (Phi) is 6.50. The highest BCUT2D eigenvalue weighted by Gasteiger charge is 2.45. The lowest BCUT2D eigenvalue weighted by Crippen LogP contribution is -2.28. The maximum Gasteiger partial charge on any atom is 0.0713 e. The van der Waals surface area contributed by atoms with E-state index in [9.17, 15) is 0 Å². The number of aryl methyl sites for hydroxylation is 1. The van der Waals surface area contributed by atoms with Crippen molar-refractivity contribution in [2.45, 2.75) is 18.8 Å². The number of para-hydroxylation sites is 1. The van der Waals surface area contributed by atoms with E-state index in [1.807, 2.05) is 6.08 Å². The number of nitrogens with two attached hydrogens (primary N) is 1. The van der Waals surface area contributed by atoms with Crippen LogP contribution in [0, 0.1) is 6.92 Å². The normalized spacial score (nSPS) is 14.3. The zero-order valence-corrected chi connectivity index (χ0v) is 25.3. The Hall–Kier alpha value is -5.60. The van der Waals surface area contributed by atoms with Crippen molar-refractivity contribution >= 4 is 16.9 Å². The van der Waals surface area contributed by atoms with E-state index in [1.165, 1.54) is 50.1 Å². The van der Waals surface area contributed by atoms with Gasteiger partial charge in [-0.05, 0) is 99.3 Å². The van der Waals surface area contributed by atoms with E-state index in [1.54, 1.807) is 0 Å². The fraction of sp³-hybridized carbons (Fsp3) is 0.0698. The Morgan fingerprint density at radius 3 is 1.84 bits per heavy atom. The van der Waals surface area contributed by atoms with E-state index >= 15 is 0 Å². The molecule has 0 heterocycles. The van der Waals surface area contributed by atoms with Crippen LogP contribution in [0.3, 0.4) is 0 Å². The van der Waals surface area contributed by atoms with Gasteiger partial charge < -0.3 is 11.1 Å². The van der Waals surface area contributed by atoms with Gasteiger partial charge in [-0.3, -0.25) is 0 Å². The summed E-state index contributed by atoms with van der Waals surface area (Å²) in [5.41, 5.74) is 22.7. The van der Waals surface area contributed by atoms with Crippen molar-refractivity contribution < 1.29 is 0 Å². The van der Waals surface area contributed by atoms with Crippen LogP contribution in [-0.4, -0.2) is 0 Å². The fourth-order valence-electron chi connectivity index (χ4n) is 7.36. The van der Waals surface area contributed by atoms with E-state index < -0.39 is 5.41 Å². The monoisotopic (exact) mass is 578 g/mol. The standard InChI is InChI=1S/C43H34N2/c1-29-13-8-11-22-41(29)45-42-26-24-31(28-37(42)35-19-12-21-40(35)44)30-23-25-39-36(27-30)34-18-9-10-20-38(34)43(39,32-14-4-2-5-15-32)33-16-6-3-7-17-33/h2-18,20-28,45H,19,44H2,1H3. The summed E-state index contributed by atoms with van der Waals surface area (Å²) in [5.74, 6) is 0. The number of fused-ring (bicyclic) bond motifs is 3. The molecule has 0 aliphatic heterocycles. The van der Waals surface area contributed by atoms with Gasteiger partial charge in [-0.2, -0.15) is 0 Å². The largest absolute Gasteiger partial charge is 0.398 e. The minimum atomic E-state index is -0.395. The highest BCUT2D eigenvalue weighted by molar-refractivity contribution is 5.91. The van der Waals surface area contributed by atoms with Crippen molar-refractivity contribution in [2.24, 2.45) is 5.73 Å². The highest BCUT2D eigenvalue weighted by atomic mass is 14.9. The first-order valence-corrected chi connectivity index (χ1v) is 15.6. The lowest BCUT2D eigenvalue weighted by Gasteiger charge is -2.33. The number of benzene rings is 6. The third-order valence-electron chi connectivity index (χ3n) is 9.52. The zero-order chi connectivity index (χ0) is 30.4. The van der Waals surface area contributed by atoms with Gasteiger partial charge >= 0.3 is 0 Å². The second-order valence-electron chi connectivity index (χ2n) is 12.0. The van der Waals surface area contributed by atoms with Gasteiger partial charge in [-0.25, -0.2) is 0 Å². The zero-order valence-electron chi connectivity index (χ0n) is 25.3. The van der Waals surface area contributed by atoms with Crippen LogP contribution in [-0.2, 0) is 5.41 Å². The van der Waals surface area contributed by atoms with Crippen LogP contribution in [0.5, 0.6) is 0 Å². The number of rotatable bonds is 6. The summed E-state index contributed by atoms with van der Waals surface area (Å²) < 4.78 is 0. The first kappa shape index (κ1) is 27.0. The third kappa shape index (κ3) is 4.33. The van der Waals surface area contributed by atoms with Crippen molar-refractivity contribution in [3.05, 3.63) is 197 Å². The molecule has 2 aliphatic rings. The van der Waals surface area contributed by atoms with E-state index in [0.29, 0.717) is 0 Å². The molecule has 0 spiro atoms. The quantitative estimate of drug-likeness (QED) is 0.206. The number of anilines is 2. The van der Waals surface area contributed by atoms with Gasteiger partial charge in [0.25, 0.3) is 0 Å². The molecule has 216 valence electrons. The summed E-state index contributed by atoms with van der Waals surface area (Å²) in [6.07, 6.45) is 5.00. The number of nitrogens with one attached hydrogen (secondary N) is 1. The summed E-state index contributed by atoms with van der Waals surface area (Å²) in [6.45, 7) is 2.13. The fourth-order valence-corrected chi connectivity index (χ4v) is 7.36. The summed E-state index contributed by atoms with van der Waals surface area (Å²) in [4.78, 5) is 0.